The number of hydrogen-bond donors (Lipinski definition) is 1. The topological polar surface area (TPSA) is 57.6 Å². The van der Waals surface area contributed by atoms with Crippen LogP contribution in [0.1, 0.15) is 51.1 Å². The molecule has 1 aliphatic heterocycles. The van der Waals surface area contributed by atoms with Crippen LogP contribution in [0.2, 0.25) is 0 Å². The van der Waals surface area contributed by atoms with E-state index in [1.165, 1.54) is 0 Å². The van der Waals surface area contributed by atoms with Crippen LogP contribution in [-0.2, 0) is 0 Å². The number of carbonyl (C=O) groups is 2. The SMILES string of the molecule is Cc1ccc(C)c(C(=O)N2CCCCC2)c1C(=O)O. The maximum atomic E-state index is 12.6. The van der Waals surface area contributed by atoms with Gasteiger partial charge in [0, 0.05) is 13.1 Å². The largest absolute Gasteiger partial charge is 0.478 e. The van der Waals surface area contributed by atoms with Crippen molar-refractivity contribution in [3.63, 3.8) is 0 Å². The average Bonchev–Trinajstić information content (AvgIpc) is 2.41. The predicted octanol–water partition coefficient (Wildman–Crippen LogP) is 2.63. The number of nitrogens with zero attached hydrogens (tertiary/aromatic N) is 1. The van der Waals surface area contributed by atoms with Crippen molar-refractivity contribution in [3.8, 4) is 0 Å². The summed E-state index contributed by atoms with van der Waals surface area (Å²) in [7, 11) is 0. The Hall–Kier alpha value is -1.84. The number of carbonyl (C=O) groups excluding carboxylic acids is 1. The zero-order valence-electron chi connectivity index (χ0n) is 11.4. The van der Waals surface area contributed by atoms with Gasteiger partial charge < -0.3 is 10.0 Å². The summed E-state index contributed by atoms with van der Waals surface area (Å²) >= 11 is 0. The molecule has 2 rings (SSSR count). The van der Waals surface area contributed by atoms with Crippen LogP contribution in [0.15, 0.2) is 12.1 Å². The maximum Gasteiger partial charge on any atom is 0.336 e. The summed E-state index contributed by atoms with van der Waals surface area (Å²) in [5, 5.41) is 9.35. The Kier molecular flexibility index (Phi) is 3.88. The van der Waals surface area contributed by atoms with Crippen LogP contribution in [-0.4, -0.2) is 35.0 Å². The van der Waals surface area contributed by atoms with Gasteiger partial charge in [-0.15, -0.1) is 0 Å². The van der Waals surface area contributed by atoms with Crippen molar-refractivity contribution in [1.29, 1.82) is 0 Å². The van der Waals surface area contributed by atoms with Gasteiger partial charge in [-0.1, -0.05) is 12.1 Å². The van der Waals surface area contributed by atoms with Crippen molar-refractivity contribution in [2.75, 3.05) is 13.1 Å². The Morgan fingerprint density at radius 1 is 1.00 bits per heavy atom. The first-order valence-electron chi connectivity index (χ1n) is 6.65. The Labute approximate surface area is 113 Å². The molecule has 4 heteroatoms. The normalized spacial score (nSPS) is 15.4. The quantitative estimate of drug-likeness (QED) is 0.890. The molecule has 1 amide bonds. The molecular formula is C15H19NO3. The highest BCUT2D eigenvalue weighted by molar-refractivity contribution is 6.06. The second kappa shape index (κ2) is 5.43. The van der Waals surface area contributed by atoms with Gasteiger partial charge in [0.15, 0.2) is 0 Å². The summed E-state index contributed by atoms with van der Waals surface area (Å²) in [6.45, 7) is 4.98. The van der Waals surface area contributed by atoms with E-state index in [1.807, 2.05) is 6.07 Å². The van der Waals surface area contributed by atoms with Crippen molar-refractivity contribution in [3.05, 3.63) is 34.4 Å². The lowest BCUT2D eigenvalue weighted by atomic mass is 9.95. The summed E-state index contributed by atoms with van der Waals surface area (Å²) in [6.07, 6.45) is 3.14. The molecule has 0 radical (unpaired) electrons. The van der Waals surface area contributed by atoms with Gasteiger partial charge in [-0.3, -0.25) is 4.79 Å². The number of carboxylic acids is 1. The molecule has 0 atom stereocenters. The van der Waals surface area contributed by atoms with E-state index in [2.05, 4.69) is 0 Å². The molecular weight excluding hydrogens is 242 g/mol. The number of aromatic carboxylic acids is 1. The van der Waals surface area contributed by atoms with Gasteiger partial charge in [0.2, 0.25) is 0 Å². The van der Waals surface area contributed by atoms with Gasteiger partial charge in [-0.2, -0.15) is 0 Å². The van der Waals surface area contributed by atoms with E-state index in [-0.39, 0.29) is 11.5 Å². The molecule has 0 unspecified atom stereocenters. The Morgan fingerprint density at radius 2 is 1.53 bits per heavy atom. The molecule has 1 aliphatic rings. The van der Waals surface area contributed by atoms with E-state index in [4.69, 9.17) is 0 Å². The zero-order chi connectivity index (χ0) is 14.0. The number of likely N-dealkylation sites (tertiary alicyclic amines) is 1. The molecule has 0 saturated carbocycles. The number of piperidine rings is 1. The Bertz CT molecular complexity index is 516. The molecule has 0 aromatic heterocycles. The van der Waals surface area contributed by atoms with Crippen LogP contribution in [0.25, 0.3) is 0 Å². The molecule has 102 valence electrons. The summed E-state index contributed by atoms with van der Waals surface area (Å²) in [6, 6.07) is 3.57. The molecule has 19 heavy (non-hydrogen) atoms. The summed E-state index contributed by atoms with van der Waals surface area (Å²) in [5.74, 6) is -1.17. The van der Waals surface area contributed by atoms with Gasteiger partial charge in [0.05, 0.1) is 11.1 Å². The number of hydrogen-bond acceptors (Lipinski definition) is 2. The van der Waals surface area contributed by atoms with Crippen molar-refractivity contribution in [1.82, 2.24) is 4.90 Å². The van der Waals surface area contributed by atoms with Crippen LogP contribution in [0.4, 0.5) is 0 Å². The van der Waals surface area contributed by atoms with E-state index in [9.17, 15) is 14.7 Å². The van der Waals surface area contributed by atoms with Crippen LogP contribution in [0.5, 0.6) is 0 Å². The summed E-state index contributed by atoms with van der Waals surface area (Å²) in [4.78, 5) is 25.7. The lowest BCUT2D eigenvalue weighted by Gasteiger charge is -2.28. The molecule has 1 fully saturated rings. The maximum absolute atomic E-state index is 12.6. The van der Waals surface area contributed by atoms with Gasteiger partial charge in [0.25, 0.3) is 5.91 Å². The molecule has 1 heterocycles. The highest BCUT2D eigenvalue weighted by Gasteiger charge is 2.26. The second-order valence-corrected chi connectivity index (χ2v) is 5.11. The highest BCUT2D eigenvalue weighted by atomic mass is 16.4. The van der Waals surface area contributed by atoms with Gasteiger partial charge in [0.1, 0.15) is 0 Å². The molecule has 1 aromatic rings. The first kappa shape index (κ1) is 13.6. The third-order valence-electron chi connectivity index (χ3n) is 3.69. The molecule has 1 saturated heterocycles. The van der Waals surface area contributed by atoms with Gasteiger partial charge >= 0.3 is 5.97 Å². The monoisotopic (exact) mass is 261 g/mol. The van der Waals surface area contributed by atoms with Crippen molar-refractivity contribution in [2.24, 2.45) is 0 Å². The van der Waals surface area contributed by atoms with Crippen LogP contribution < -0.4 is 0 Å². The van der Waals surface area contributed by atoms with E-state index < -0.39 is 5.97 Å². The molecule has 1 aromatic carbocycles. The van der Waals surface area contributed by atoms with E-state index in [1.54, 1.807) is 24.8 Å². The molecule has 4 nitrogen and oxygen atoms in total. The van der Waals surface area contributed by atoms with Gasteiger partial charge in [-0.05, 0) is 44.2 Å². The third kappa shape index (κ3) is 2.62. The summed E-state index contributed by atoms with van der Waals surface area (Å²) < 4.78 is 0. The second-order valence-electron chi connectivity index (χ2n) is 5.11. The number of rotatable bonds is 2. The van der Waals surface area contributed by atoms with Crippen molar-refractivity contribution >= 4 is 11.9 Å². The lowest BCUT2D eigenvalue weighted by molar-refractivity contribution is 0.0665. The van der Waals surface area contributed by atoms with Crippen molar-refractivity contribution < 1.29 is 14.7 Å². The number of benzene rings is 1. The van der Waals surface area contributed by atoms with Crippen LogP contribution in [0, 0.1) is 13.8 Å². The van der Waals surface area contributed by atoms with E-state index >= 15 is 0 Å². The van der Waals surface area contributed by atoms with Crippen molar-refractivity contribution in [2.45, 2.75) is 33.1 Å². The number of amides is 1. The molecule has 0 spiro atoms. The average molecular weight is 261 g/mol. The highest BCUT2D eigenvalue weighted by Crippen LogP contribution is 2.22. The van der Waals surface area contributed by atoms with Crippen LogP contribution in [0.3, 0.4) is 0 Å². The smallest absolute Gasteiger partial charge is 0.336 e. The molecule has 0 aliphatic carbocycles. The first-order valence-corrected chi connectivity index (χ1v) is 6.65. The minimum atomic E-state index is -1.03. The first-order chi connectivity index (χ1) is 9.02. The Morgan fingerprint density at radius 3 is 2.05 bits per heavy atom. The Balaban J connectivity index is 2.45. The van der Waals surface area contributed by atoms with E-state index in [0.29, 0.717) is 11.1 Å². The van der Waals surface area contributed by atoms with Gasteiger partial charge in [-0.25, -0.2) is 4.79 Å². The lowest BCUT2D eigenvalue weighted by Crippen LogP contribution is -2.37. The molecule has 0 bridgehead atoms. The standard InChI is InChI=1S/C15H19NO3/c1-10-6-7-11(2)13(15(18)19)12(10)14(17)16-8-4-3-5-9-16/h6-7H,3-5,8-9H2,1-2H3,(H,18,19). The van der Waals surface area contributed by atoms with Crippen LogP contribution >= 0.6 is 0 Å². The minimum Gasteiger partial charge on any atom is -0.478 e. The summed E-state index contributed by atoms with van der Waals surface area (Å²) in [5.41, 5.74) is 1.88. The molecule has 1 N–H and O–H groups in total. The number of aryl methyl sites for hydroxylation is 2. The predicted molar refractivity (Wildman–Crippen MR) is 72.6 cm³/mol. The fraction of sp³-hybridized carbons (Fsp3) is 0.467. The minimum absolute atomic E-state index is 0.140. The fourth-order valence-corrected chi connectivity index (χ4v) is 2.62. The third-order valence-corrected chi connectivity index (χ3v) is 3.69. The number of carboxylic acid groups (broad SMARTS) is 1. The fourth-order valence-electron chi connectivity index (χ4n) is 2.62. The zero-order valence-corrected chi connectivity index (χ0v) is 11.4. The van der Waals surface area contributed by atoms with E-state index in [0.717, 1.165) is 37.9 Å².